The Bertz CT molecular complexity index is 522. The van der Waals surface area contributed by atoms with Crippen LogP contribution in [0.1, 0.15) is 18.4 Å². The van der Waals surface area contributed by atoms with Gasteiger partial charge >= 0.3 is 0 Å². The van der Waals surface area contributed by atoms with E-state index in [1.54, 1.807) is 12.1 Å². The normalized spacial score (nSPS) is 11.9. The summed E-state index contributed by atoms with van der Waals surface area (Å²) in [5, 5.41) is 3.56. The Kier molecular flexibility index (Phi) is 4.00. The van der Waals surface area contributed by atoms with Crippen molar-refractivity contribution >= 4 is 23.2 Å². The average molecular weight is 260 g/mol. The molecule has 92 valence electrons. The van der Waals surface area contributed by atoms with Gasteiger partial charge in [0.25, 0.3) is 0 Å². The fraction of sp³-hybridized carbons (Fsp3) is 0.133. The minimum Gasteiger partial charge on any atom is -0.326 e. The van der Waals surface area contributed by atoms with E-state index in [-0.39, 0.29) is 11.8 Å². The molecule has 18 heavy (non-hydrogen) atoms. The second-order valence-corrected chi connectivity index (χ2v) is 4.56. The number of rotatable bonds is 3. The number of hydrogen-bond acceptors (Lipinski definition) is 1. The van der Waals surface area contributed by atoms with Crippen molar-refractivity contribution in [1.29, 1.82) is 0 Å². The topological polar surface area (TPSA) is 29.1 Å². The van der Waals surface area contributed by atoms with E-state index in [1.165, 1.54) is 0 Å². The number of hydrogen-bond donors (Lipinski definition) is 1. The van der Waals surface area contributed by atoms with Crippen LogP contribution in [0.4, 0.5) is 5.69 Å². The molecular formula is C15H14ClNO. The van der Waals surface area contributed by atoms with Crippen LogP contribution in [0.2, 0.25) is 5.02 Å². The zero-order valence-electron chi connectivity index (χ0n) is 10.1. The molecular weight excluding hydrogens is 246 g/mol. The lowest BCUT2D eigenvalue weighted by Crippen LogP contribution is -2.18. The first-order valence-corrected chi connectivity index (χ1v) is 6.16. The average Bonchev–Trinajstić information content (AvgIpc) is 2.40. The highest BCUT2D eigenvalue weighted by molar-refractivity contribution is 6.30. The summed E-state index contributed by atoms with van der Waals surface area (Å²) in [6, 6.07) is 16.8. The molecule has 0 radical (unpaired) electrons. The third-order valence-electron chi connectivity index (χ3n) is 2.80. The molecule has 1 amide bonds. The van der Waals surface area contributed by atoms with Gasteiger partial charge in [-0.1, -0.05) is 41.9 Å². The summed E-state index contributed by atoms with van der Waals surface area (Å²) in [5.74, 6) is -0.231. The molecule has 0 aromatic heterocycles. The summed E-state index contributed by atoms with van der Waals surface area (Å²) in [6.07, 6.45) is 0. The number of amides is 1. The fourth-order valence-corrected chi connectivity index (χ4v) is 1.80. The molecule has 0 spiro atoms. The van der Waals surface area contributed by atoms with E-state index >= 15 is 0 Å². The van der Waals surface area contributed by atoms with Crippen molar-refractivity contribution < 1.29 is 4.79 Å². The van der Waals surface area contributed by atoms with Gasteiger partial charge in [-0.2, -0.15) is 0 Å². The standard InChI is InChI=1S/C15H14ClNO/c1-11(12-7-9-13(16)10-8-12)15(18)17-14-5-3-2-4-6-14/h2-11H,1H3,(H,17,18). The Balaban J connectivity index is 2.07. The van der Waals surface area contributed by atoms with E-state index < -0.39 is 0 Å². The van der Waals surface area contributed by atoms with Gasteiger partial charge in [0.05, 0.1) is 5.92 Å². The lowest BCUT2D eigenvalue weighted by molar-refractivity contribution is -0.117. The molecule has 2 rings (SSSR count). The van der Waals surface area contributed by atoms with E-state index in [1.807, 2.05) is 49.4 Å². The highest BCUT2D eigenvalue weighted by atomic mass is 35.5. The van der Waals surface area contributed by atoms with Crippen LogP contribution >= 0.6 is 11.6 Å². The Labute approximate surface area is 112 Å². The number of halogens is 1. The molecule has 3 heteroatoms. The molecule has 0 fully saturated rings. The predicted molar refractivity (Wildman–Crippen MR) is 74.9 cm³/mol. The van der Waals surface area contributed by atoms with E-state index in [4.69, 9.17) is 11.6 Å². The van der Waals surface area contributed by atoms with E-state index in [9.17, 15) is 4.79 Å². The molecule has 2 aromatic rings. The van der Waals surface area contributed by atoms with Gasteiger partial charge in [-0.15, -0.1) is 0 Å². The number of anilines is 1. The molecule has 2 nitrogen and oxygen atoms in total. The van der Waals surface area contributed by atoms with Gasteiger partial charge in [0.1, 0.15) is 0 Å². The fourth-order valence-electron chi connectivity index (χ4n) is 1.67. The van der Waals surface area contributed by atoms with Gasteiger partial charge in [-0.05, 0) is 36.8 Å². The summed E-state index contributed by atoms with van der Waals surface area (Å²) < 4.78 is 0. The highest BCUT2D eigenvalue weighted by Gasteiger charge is 2.14. The number of para-hydroxylation sites is 1. The van der Waals surface area contributed by atoms with Gasteiger partial charge in [-0.3, -0.25) is 4.79 Å². The Hall–Kier alpha value is -1.80. The quantitative estimate of drug-likeness (QED) is 0.884. The minimum absolute atomic E-state index is 0.0245. The van der Waals surface area contributed by atoms with Crippen molar-refractivity contribution in [3.63, 3.8) is 0 Å². The predicted octanol–water partition coefficient (Wildman–Crippen LogP) is 4.08. The van der Waals surface area contributed by atoms with Crippen molar-refractivity contribution in [2.45, 2.75) is 12.8 Å². The number of benzene rings is 2. The summed E-state index contributed by atoms with van der Waals surface area (Å²) in [4.78, 5) is 12.1. The van der Waals surface area contributed by atoms with Gasteiger partial charge in [-0.25, -0.2) is 0 Å². The molecule has 0 aliphatic rings. The maximum absolute atomic E-state index is 12.1. The van der Waals surface area contributed by atoms with Crippen LogP contribution in [-0.2, 0) is 4.79 Å². The monoisotopic (exact) mass is 259 g/mol. The van der Waals surface area contributed by atoms with Gasteiger partial charge in [0.15, 0.2) is 0 Å². The maximum atomic E-state index is 12.1. The van der Waals surface area contributed by atoms with E-state index in [0.29, 0.717) is 5.02 Å². The van der Waals surface area contributed by atoms with Crippen LogP contribution in [0.5, 0.6) is 0 Å². The number of carbonyl (C=O) groups excluding carboxylic acids is 1. The molecule has 0 heterocycles. The summed E-state index contributed by atoms with van der Waals surface area (Å²) >= 11 is 5.83. The second kappa shape index (κ2) is 5.69. The summed E-state index contributed by atoms with van der Waals surface area (Å²) in [7, 11) is 0. The minimum atomic E-state index is -0.206. The molecule has 2 aromatic carbocycles. The molecule has 1 unspecified atom stereocenters. The first-order valence-electron chi connectivity index (χ1n) is 5.78. The first-order chi connectivity index (χ1) is 8.66. The smallest absolute Gasteiger partial charge is 0.231 e. The highest BCUT2D eigenvalue weighted by Crippen LogP contribution is 2.19. The van der Waals surface area contributed by atoms with Crippen LogP contribution in [0.15, 0.2) is 54.6 Å². The third kappa shape index (κ3) is 3.11. The van der Waals surface area contributed by atoms with E-state index in [0.717, 1.165) is 11.3 Å². The molecule has 0 saturated heterocycles. The molecule has 0 aliphatic heterocycles. The van der Waals surface area contributed by atoms with Crippen molar-refractivity contribution in [3.05, 3.63) is 65.2 Å². The van der Waals surface area contributed by atoms with Crippen LogP contribution in [0, 0.1) is 0 Å². The maximum Gasteiger partial charge on any atom is 0.231 e. The first kappa shape index (κ1) is 12.7. The van der Waals surface area contributed by atoms with Gasteiger partial charge < -0.3 is 5.32 Å². The largest absolute Gasteiger partial charge is 0.326 e. The molecule has 0 bridgehead atoms. The van der Waals surface area contributed by atoms with Crippen molar-refractivity contribution in [2.24, 2.45) is 0 Å². The number of carbonyl (C=O) groups is 1. The van der Waals surface area contributed by atoms with Crippen molar-refractivity contribution in [2.75, 3.05) is 5.32 Å². The van der Waals surface area contributed by atoms with Crippen molar-refractivity contribution in [1.82, 2.24) is 0 Å². The SMILES string of the molecule is CC(C(=O)Nc1ccccc1)c1ccc(Cl)cc1. The zero-order valence-corrected chi connectivity index (χ0v) is 10.8. The van der Waals surface area contributed by atoms with Crippen LogP contribution < -0.4 is 5.32 Å². The lowest BCUT2D eigenvalue weighted by Gasteiger charge is -2.12. The summed E-state index contributed by atoms with van der Waals surface area (Å²) in [6.45, 7) is 1.88. The van der Waals surface area contributed by atoms with Crippen LogP contribution in [-0.4, -0.2) is 5.91 Å². The summed E-state index contributed by atoms with van der Waals surface area (Å²) in [5.41, 5.74) is 1.76. The van der Waals surface area contributed by atoms with Gasteiger partial charge in [0.2, 0.25) is 5.91 Å². The molecule has 1 atom stereocenters. The Morgan fingerprint density at radius 2 is 1.67 bits per heavy atom. The van der Waals surface area contributed by atoms with Crippen LogP contribution in [0.3, 0.4) is 0 Å². The number of nitrogens with one attached hydrogen (secondary N) is 1. The van der Waals surface area contributed by atoms with E-state index in [2.05, 4.69) is 5.32 Å². The Morgan fingerprint density at radius 3 is 2.28 bits per heavy atom. The zero-order chi connectivity index (χ0) is 13.0. The third-order valence-corrected chi connectivity index (χ3v) is 3.06. The molecule has 0 aliphatic carbocycles. The molecule has 0 saturated carbocycles. The van der Waals surface area contributed by atoms with Crippen LogP contribution in [0.25, 0.3) is 0 Å². The lowest BCUT2D eigenvalue weighted by atomic mass is 10.0. The second-order valence-electron chi connectivity index (χ2n) is 4.13. The van der Waals surface area contributed by atoms with Gasteiger partial charge in [0, 0.05) is 10.7 Å². The molecule has 1 N–H and O–H groups in total. The van der Waals surface area contributed by atoms with Crippen molar-refractivity contribution in [3.8, 4) is 0 Å². The Morgan fingerprint density at radius 1 is 1.06 bits per heavy atom.